The first kappa shape index (κ1) is 22.2. The SMILES string of the molecule is O=C(Nc1ccc(S(=O)(=O)N2CCCCC2)cc1)c1ccc(Cn2nnc3ccccc32)cc1. The second kappa shape index (κ2) is 9.36. The van der Waals surface area contributed by atoms with Crippen molar-refractivity contribution >= 4 is 32.7 Å². The van der Waals surface area contributed by atoms with Crippen LogP contribution < -0.4 is 5.32 Å². The lowest BCUT2D eigenvalue weighted by molar-refractivity contribution is 0.102. The molecule has 1 aromatic heterocycles. The van der Waals surface area contributed by atoms with Gasteiger partial charge in [0.25, 0.3) is 5.91 Å². The summed E-state index contributed by atoms with van der Waals surface area (Å²) in [4.78, 5) is 12.9. The highest BCUT2D eigenvalue weighted by molar-refractivity contribution is 7.89. The first-order valence-electron chi connectivity index (χ1n) is 11.3. The Kier molecular flexibility index (Phi) is 6.12. The zero-order chi connectivity index (χ0) is 23.5. The number of anilines is 1. The zero-order valence-electron chi connectivity index (χ0n) is 18.6. The molecule has 1 amide bonds. The highest BCUT2D eigenvalue weighted by Gasteiger charge is 2.25. The number of carbonyl (C=O) groups is 1. The maximum Gasteiger partial charge on any atom is 0.255 e. The van der Waals surface area contributed by atoms with Crippen LogP contribution in [0, 0.1) is 0 Å². The summed E-state index contributed by atoms with van der Waals surface area (Å²) in [6.45, 7) is 1.67. The molecule has 0 atom stereocenters. The molecule has 1 saturated heterocycles. The average molecular weight is 476 g/mol. The van der Waals surface area contributed by atoms with Gasteiger partial charge < -0.3 is 5.32 Å². The molecule has 1 fully saturated rings. The molecule has 0 saturated carbocycles. The Morgan fingerprint density at radius 2 is 1.59 bits per heavy atom. The molecule has 1 N–H and O–H groups in total. The number of fused-ring (bicyclic) bond motifs is 1. The lowest BCUT2D eigenvalue weighted by atomic mass is 10.1. The molecule has 3 aromatic carbocycles. The molecule has 0 unspecified atom stereocenters. The van der Waals surface area contributed by atoms with E-state index in [1.807, 2.05) is 41.1 Å². The molecular formula is C25H25N5O3S. The third-order valence-electron chi connectivity index (χ3n) is 6.03. The number of amides is 1. The summed E-state index contributed by atoms with van der Waals surface area (Å²) in [5.74, 6) is -0.260. The Labute approximate surface area is 198 Å². The van der Waals surface area contributed by atoms with E-state index >= 15 is 0 Å². The Morgan fingerprint density at radius 3 is 2.32 bits per heavy atom. The van der Waals surface area contributed by atoms with Crippen LogP contribution in [0.2, 0.25) is 0 Å². The fraction of sp³-hybridized carbons (Fsp3) is 0.240. The van der Waals surface area contributed by atoms with Crippen LogP contribution in [-0.2, 0) is 16.6 Å². The molecule has 0 aliphatic carbocycles. The molecule has 1 aliphatic rings. The molecular weight excluding hydrogens is 450 g/mol. The summed E-state index contributed by atoms with van der Waals surface area (Å²) in [6, 6.07) is 21.4. The Morgan fingerprint density at radius 1 is 0.882 bits per heavy atom. The monoisotopic (exact) mass is 475 g/mol. The molecule has 0 radical (unpaired) electrons. The van der Waals surface area contributed by atoms with Gasteiger partial charge in [0.1, 0.15) is 5.52 Å². The minimum Gasteiger partial charge on any atom is -0.322 e. The topological polar surface area (TPSA) is 97.2 Å². The van der Waals surface area contributed by atoms with E-state index in [1.54, 1.807) is 36.4 Å². The van der Waals surface area contributed by atoms with Crippen LogP contribution in [0.3, 0.4) is 0 Å². The first-order valence-corrected chi connectivity index (χ1v) is 12.7. The molecule has 4 aromatic rings. The molecule has 8 nitrogen and oxygen atoms in total. The predicted molar refractivity (Wildman–Crippen MR) is 130 cm³/mol. The second-order valence-corrected chi connectivity index (χ2v) is 10.3. The number of aromatic nitrogens is 3. The maximum absolute atomic E-state index is 12.8. The Hall–Kier alpha value is -3.56. The van der Waals surface area contributed by atoms with Gasteiger partial charge in [0.15, 0.2) is 0 Å². The van der Waals surface area contributed by atoms with Crippen molar-refractivity contribution in [1.29, 1.82) is 0 Å². The van der Waals surface area contributed by atoms with Gasteiger partial charge in [-0.2, -0.15) is 4.31 Å². The van der Waals surface area contributed by atoms with Gasteiger partial charge in [0.05, 0.1) is 17.0 Å². The molecule has 34 heavy (non-hydrogen) atoms. The number of rotatable bonds is 6. The highest BCUT2D eigenvalue weighted by atomic mass is 32.2. The smallest absolute Gasteiger partial charge is 0.255 e. The van der Waals surface area contributed by atoms with Crippen molar-refractivity contribution in [3.63, 3.8) is 0 Å². The van der Waals surface area contributed by atoms with E-state index < -0.39 is 10.0 Å². The van der Waals surface area contributed by atoms with E-state index in [2.05, 4.69) is 15.6 Å². The van der Waals surface area contributed by atoms with Crippen LogP contribution in [0.25, 0.3) is 11.0 Å². The maximum atomic E-state index is 12.8. The third-order valence-corrected chi connectivity index (χ3v) is 7.95. The van der Waals surface area contributed by atoms with Crippen LogP contribution in [0.4, 0.5) is 5.69 Å². The lowest BCUT2D eigenvalue weighted by Crippen LogP contribution is -2.35. The van der Waals surface area contributed by atoms with Gasteiger partial charge in [0, 0.05) is 24.3 Å². The highest BCUT2D eigenvalue weighted by Crippen LogP contribution is 2.22. The largest absolute Gasteiger partial charge is 0.322 e. The van der Waals surface area contributed by atoms with Crippen LogP contribution in [0.1, 0.15) is 35.2 Å². The fourth-order valence-corrected chi connectivity index (χ4v) is 5.65. The van der Waals surface area contributed by atoms with Gasteiger partial charge in [-0.3, -0.25) is 4.79 Å². The predicted octanol–water partition coefficient (Wildman–Crippen LogP) is 3.91. The number of hydrogen-bond acceptors (Lipinski definition) is 5. The number of carbonyl (C=O) groups excluding carboxylic acids is 1. The minimum atomic E-state index is -3.49. The van der Waals surface area contributed by atoms with Crippen LogP contribution >= 0.6 is 0 Å². The van der Waals surface area contributed by atoms with Crippen LogP contribution in [0.5, 0.6) is 0 Å². The van der Waals surface area contributed by atoms with E-state index in [9.17, 15) is 13.2 Å². The number of sulfonamides is 1. The number of para-hydroxylation sites is 1. The summed E-state index contributed by atoms with van der Waals surface area (Å²) in [6.07, 6.45) is 2.85. The van der Waals surface area contributed by atoms with Crippen molar-refractivity contribution in [2.75, 3.05) is 18.4 Å². The summed E-state index contributed by atoms with van der Waals surface area (Å²) >= 11 is 0. The van der Waals surface area contributed by atoms with E-state index in [1.165, 1.54) is 4.31 Å². The van der Waals surface area contributed by atoms with Crippen LogP contribution in [0.15, 0.2) is 77.7 Å². The van der Waals surface area contributed by atoms with Gasteiger partial charge in [-0.25, -0.2) is 13.1 Å². The lowest BCUT2D eigenvalue weighted by Gasteiger charge is -2.25. The van der Waals surface area contributed by atoms with Crippen molar-refractivity contribution in [2.45, 2.75) is 30.7 Å². The van der Waals surface area contributed by atoms with Crippen molar-refractivity contribution in [3.8, 4) is 0 Å². The van der Waals surface area contributed by atoms with Crippen molar-refractivity contribution < 1.29 is 13.2 Å². The average Bonchev–Trinajstić information content (AvgIpc) is 3.28. The summed E-state index contributed by atoms with van der Waals surface area (Å²) < 4.78 is 28.9. The van der Waals surface area contributed by atoms with Gasteiger partial charge >= 0.3 is 0 Å². The Balaban J connectivity index is 1.23. The summed E-state index contributed by atoms with van der Waals surface area (Å²) in [5.41, 5.74) is 3.85. The minimum absolute atomic E-state index is 0.248. The number of piperidine rings is 1. The van der Waals surface area contributed by atoms with Crippen molar-refractivity contribution in [2.24, 2.45) is 0 Å². The van der Waals surface area contributed by atoms with Gasteiger partial charge in [0.2, 0.25) is 10.0 Å². The molecule has 1 aliphatic heterocycles. The standard InChI is InChI=1S/C25H25N5O3S/c31-25(26-21-12-14-22(15-13-21)34(32,33)29-16-4-1-5-17-29)20-10-8-19(9-11-20)18-30-24-7-3-2-6-23(24)27-28-30/h2-3,6-15H,1,4-5,16-18H2,(H,26,31). The number of nitrogens with zero attached hydrogens (tertiary/aromatic N) is 4. The first-order chi connectivity index (χ1) is 16.5. The molecule has 9 heteroatoms. The quantitative estimate of drug-likeness (QED) is 0.456. The number of hydrogen-bond donors (Lipinski definition) is 1. The normalized spacial score (nSPS) is 14.8. The number of benzene rings is 3. The second-order valence-electron chi connectivity index (χ2n) is 8.38. The van der Waals surface area contributed by atoms with E-state index in [4.69, 9.17) is 0 Å². The molecule has 5 rings (SSSR count). The molecule has 0 bridgehead atoms. The zero-order valence-corrected chi connectivity index (χ0v) is 19.4. The fourth-order valence-electron chi connectivity index (χ4n) is 4.14. The van der Waals surface area contributed by atoms with Crippen LogP contribution in [-0.4, -0.2) is 46.7 Å². The van der Waals surface area contributed by atoms with Gasteiger partial charge in [-0.1, -0.05) is 35.9 Å². The van der Waals surface area contributed by atoms with E-state index in [0.29, 0.717) is 30.9 Å². The summed E-state index contributed by atoms with van der Waals surface area (Å²) in [5, 5.41) is 11.2. The van der Waals surface area contributed by atoms with Crippen molar-refractivity contribution in [3.05, 3.63) is 83.9 Å². The number of nitrogens with one attached hydrogen (secondary N) is 1. The van der Waals surface area contributed by atoms with Crippen molar-refractivity contribution in [1.82, 2.24) is 19.3 Å². The third kappa shape index (κ3) is 4.57. The van der Waals surface area contributed by atoms with Gasteiger partial charge in [-0.05, 0) is 66.9 Å². The molecule has 0 spiro atoms. The summed E-state index contributed by atoms with van der Waals surface area (Å²) in [7, 11) is -3.49. The molecule has 2 heterocycles. The van der Waals surface area contributed by atoms with E-state index in [-0.39, 0.29) is 10.8 Å². The molecule has 174 valence electrons. The Bertz CT molecular complexity index is 1410. The van der Waals surface area contributed by atoms with E-state index in [0.717, 1.165) is 35.9 Å². The van der Waals surface area contributed by atoms with Gasteiger partial charge in [-0.15, -0.1) is 5.10 Å².